The summed E-state index contributed by atoms with van der Waals surface area (Å²) in [6, 6.07) is 11.7. The molecule has 0 aliphatic carbocycles. The van der Waals surface area contributed by atoms with Crippen molar-refractivity contribution in [2.24, 2.45) is 0 Å². The van der Waals surface area contributed by atoms with E-state index in [0.717, 1.165) is 23.0 Å². The van der Waals surface area contributed by atoms with Crippen LogP contribution in [0.2, 0.25) is 0 Å². The third-order valence-electron chi connectivity index (χ3n) is 3.65. The average molecular weight is 350 g/mol. The first-order valence-corrected chi connectivity index (χ1v) is 8.08. The molecule has 3 heteroatoms. The third-order valence-corrected chi connectivity index (χ3v) is 4.73. The lowest BCUT2D eigenvalue weighted by atomic mass is 9.96. The Kier molecular flexibility index (Phi) is 5.54. The van der Waals surface area contributed by atoms with Gasteiger partial charge in [-0.05, 0) is 55.1 Å². The molecule has 21 heavy (non-hydrogen) atoms. The molecule has 1 N–H and O–H groups in total. The molecule has 1 atom stereocenters. The van der Waals surface area contributed by atoms with Crippen molar-refractivity contribution in [3.8, 4) is 0 Å². The minimum atomic E-state index is -0.156. The SMILES string of the molecule is CCCNC(c1ccc(F)c(C)c1)c1cccc(C)c1Br. The molecule has 0 fully saturated rings. The van der Waals surface area contributed by atoms with Crippen LogP contribution in [0.4, 0.5) is 4.39 Å². The Hall–Kier alpha value is -1.19. The number of rotatable bonds is 5. The molecule has 1 nitrogen and oxygen atoms in total. The van der Waals surface area contributed by atoms with Crippen LogP contribution in [-0.4, -0.2) is 6.54 Å². The minimum Gasteiger partial charge on any atom is -0.306 e. The second-order valence-corrected chi connectivity index (χ2v) is 6.17. The van der Waals surface area contributed by atoms with Gasteiger partial charge < -0.3 is 5.32 Å². The van der Waals surface area contributed by atoms with Crippen LogP contribution < -0.4 is 5.32 Å². The monoisotopic (exact) mass is 349 g/mol. The van der Waals surface area contributed by atoms with Crippen molar-refractivity contribution >= 4 is 15.9 Å². The highest BCUT2D eigenvalue weighted by atomic mass is 79.9. The highest BCUT2D eigenvalue weighted by Crippen LogP contribution is 2.31. The maximum absolute atomic E-state index is 13.5. The molecule has 0 aliphatic rings. The third kappa shape index (κ3) is 3.72. The maximum Gasteiger partial charge on any atom is 0.126 e. The van der Waals surface area contributed by atoms with E-state index in [1.165, 1.54) is 11.1 Å². The number of hydrogen-bond donors (Lipinski definition) is 1. The standard InChI is InChI=1S/C18H21BrFN/c1-4-10-21-18(14-8-9-16(20)13(3)11-14)15-7-5-6-12(2)17(15)19/h5-9,11,18,21H,4,10H2,1-3H3. The summed E-state index contributed by atoms with van der Waals surface area (Å²) in [4.78, 5) is 0. The van der Waals surface area contributed by atoms with E-state index in [-0.39, 0.29) is 11.9 Å². The number of halogens is 2. The molecule has 2 rings (SSSR count). The zero-order valence-electron chi connectivity index (χ0n) is 12.7. The van der Waals surface area contributed by atoms with E-state index in [0.29, 0.717) is 5.56 Å². The number of aryl methyl sites for hydroxylation is 2. The Bertz CT molecular complexity index is 625. The molecule has 0 saturated heterocycles. The van der Waals surface area contributed by atoms with Crippen LogP contribution in [0.5, 0.6) is 0 Å². The number of nitrogens with one attached hydrogen (secondary N) is 1. The molecule has 0 aliphatic heterocycles. The van der Waals surface area contributed by atoms with E-state index in [9.17, 15) is 4.39 Å². The summed E-state index contributed by atoms with van der Waals surface area (Å²) in [5.74, 6) is -0.156. The van der Waals surface area contributed by atoms with Crippen LogP contribution in [0.1, 0.15) is 41.6 Å². The van der Waals surface area contributed by atoms with Gasteiger partial charge in [-0.1, -0.05) is 53.2 Å². The van der Waals surface area contributed by atoms with Gasteiger partial charge in [0.2, 0.25) is 0 Å². The predicted molar refractivity (Wildman–Crippen MR) is 90.2 cm³/mol. The van der Waals surface area contributed by atoms with E-state index in [2.05, 4.69) is 53.3 Å². The van der Waals surface area contributed by atoms with Gasteiger partial charge in [0.25, 0.3) is 0 Å². The van der Waals surface area contributed by atoms with Gasteiger partial charge in [0.15, 0.2) is 0 Å². The van der Waals surface area contributed by atoms with Crippen LogP contribution >= 0.6 is 15.9 Å². The van der Waals surface area contributed by atoms with Gasteiger partial charge in [-0.3, -0.25) is 0 Å². The molecular formula is C18H21BrFN. The fourth-order valence-corrected chi connectivity index (χ4v) is 2.93. The summed E-state index contributed by atoms with van der Waals surface area (Å²) >= 11 is 3.69. The van der Waals surface area contributed by atoms with Crippen molar-refractivity contribution in [2.45, 2.75) is 33.2 Å². The van der Waals surface area contributed by atoms with Crippen LogP contribution in [0, 0.1) is 19.7 Å². The molecule has 1 unspecified atom stereocenters. The van der Waals surface area contributed by atoms with Crippen molar-refractivity contribution in [3.63, 3.8) is 0 Å². The first-order valence-electron chi connectivity index (χ1n) is 7.29. The second-order valence-electron chi connectivity index (χ2n) is 5.37. The highest BCUT2D eigenvalue weighted by Gasteiger charge is 2.17. The smallest absolute Gasteiger partial charge is 0.126 e. The second kappa shape index (κ2) is 7.19. The molecule has 0 aromatic heterocycles. The molecule has 0 spiro atoms. The summed E-state index contributed by atoms with van der Waals surface area (Å²) in [5, 5.41) is 3.56. The molecule has 0 amide bonds. The summed E-state index contributed by atoms with van der Waals surface area (Å²) in [6.07, 6.45) is 1.06. The fourth-order valence-electron chi connectivity index (χ4n) is 2.44. The number of hydrogen-bond acceptors (Lipinski definition) is 1. The van der Waals surface area contributed by atoms with Gasteiger partial charge in [-0.2, -0.15) is 0 Å². The molecular weight excluding hydrogens is 329 g/mol. The van der Waals surface area contributed by atoms with E-state index in [1.807, 2.05) is 12.1 Å². The molecule has 0 saturated carbocycles. The van der Waals surface area contributed by atoms with Crippen molar-refractivity contribution < 1.29 is 4.39 Å². The first-order chi connectivity index (χ1) is 10.0. The summed E-state index contributed by atoms with van der Waals surface area (Å²) in [7, 11) is 0. The topological polar surface area (TPSA) is 12.0 Å². The van der Waals surface area contributed by atoms with Gasteiger partial charge in [0.1, 0.15) is 5.82 Å². The van der Waals surface area contributed by atoms with E-state index < -0.39 is 0 Å². The zero-order valence-corrected chi connectivity index (χ0v) is 14.3. The van der Waals surface area contributed by atoms with E-state index in [4.69, 9.17) is 0 Å². The lowest BCUT2D eigenvalue weighted by Crippen LogP contribution is -2.24. The molecule has 2 aromatic carbocycles. The van der Waals surface area contributed by atoms with Gasteiger partial charge in [0, 0.05) is 4.47 Å². The van der Waals surface area contributed by atoms with Crippen LogP contribution in [0.25, 0.3) is 0 Å². The van der Waals surface area contributed by atoms with Gasteiger partial charge in [0.05, 0.1) is 6.04 Å². The Morgan fingerprint density at radius 2 is 1.90 bits per heavy atom. The van der Waals surface area contributed by atoms with Crippen LogP contribution in [0.15, 0.2) is 40.9 Å². The van der Waals surface area contributed by atoms with Crippen molar-refractivity contribution in [3.05, 3.63) is 68.9 Å². The van der Waals surface area contributed by atoms with Crippen molar-refractivity contribution in [2.75, 3.05) is 6.54 Å². The maximum atomic E-state index is 13.5. The van der Waals surface area contributed by atoms with Crippen LogP contribution in [0.3, 0.4) is 0 Å². The lowest BCUT2D eigenvalue weighted by Gasteiger charge is -2.22. The van der Waals surface area contributed by atoms with E-state index in [1.54, 1.807) is 13.0 Å². The predicted octanol–water partition coefficient (Wildman–Crippen LogP) is 5.29. The minimum absolute atomic E-state index is 0.0681. The Morgan fingerprint density at radius 1 is 1.14 bits per heavy atom. The largest absolute Gasteiger partial charge is 0.306 e. The van der Waals surface area contributed by atoms with Gasteiger partial charge in [-0.15, -0.1) is 0 Å². The summed E-state index contributed by atoms with van der Waals surface area (Å²) < 4.78 is 14.6. The number of benzene rings is 2. The average Bonchev–Trinajstić information content (AvgIpc) is 2.47. The molecule has 0 bridgehead atoms. The Balaban J connectivity index is 2.47. The van der Waals surface area contributed by atoms with Crippen molar-refractivity contribution in [1.29, 1.82) is 0 Å². The van der Waals surface area contributed by atoms with E-state index >= 15 is 0 Å². The van der Waals surface area contributed by atoms with Gasteiger partial charge >= 0.3 is 0 Å². The lowest BCUT2D eigenvalue weighted by molar-refractivity contribution is 0.588. The molecule has 2 aromatic rings. The summed E-state index contributed by atoms with van der Waals surface area (Å²) in [5.41, 5.74) is 4.16. The Labute approximate surface area is 134 Å². The fraction of sp³-hybridized carbons (Fsp3) is 0.333. The van der Waals surface area contributed by atoms with Crippen molar-refractivity contribution in [1.82, 2.24) is 5.32 Å². The quantitative estimate of drug-likeness (QED) is 0.772. The molecule has 112 valence electrons. The van der Waals surface area contributed by atoms with Crippen LogP contribution in [-0.2, 0) is 0 Å². The normalized spacial score (nSPS) is 12.4. The Morgan fingerprint density at radius 3 is 2.57 bits per heavy atom. The first kappa shape index (κ1) is 16.2. The zero-order chi connectivity index (χ0) is 15.4. The van der Waals surface area contributed by atoms with Gasteiger partial charge in [-0.25, -0.2) is 4.39 Å². The summed E-state index contributed by atoms with van der Waals surface area (Å²) in [6.45, 7) is 6.95. The molecule has 0 heterocycles. The highest BCUT2D eigenvalue weighted by molar-refractivity contribution is 9.10. The molecule has 0 radical (unpaired) electrons.